The summed E-state index contributed by atoms with van der Waals surface area (Å²) >= 11 is 0. The summed E-state index contributed by atoms with van der Waals surface area (Å²) in [6, 6.07) is 0. The van der Waals surface area contributed by atoms with Crippen molar-refractivity contribution in [3.63, 3.8) is 0 Å². The molecule has 0 aromatic heterocycles. The van der Waals surface area contributed by atoms with Gasteiger partial charge in [-0.2, -0.15) is 0 Å². The third-order valence-electron chi connectivity index (χ3n) is 10.2. The Morgan fingerprint density at radius 2 is 1.90 bits per heavy atom. The Kier molecular flexibility index (Phi) is 6.44. The minimum Gasteiger partial charge on any atom is -0.462 e. The molecule has 0 bridgehead atoms. The third kappa shape index (κ3) is 4.02. The first-order chi connectivity index (χ1) is 14.2. The summed E-state index contributed by atoms with van der Waals surface area (Å²) in [7, 11) is 0. The van der Waals surface area contributed by atoms with E-state index in [0.29, 0.717) is 10.8 Å². The molecule has 0 aromatic carbocycles. The fourth-order valence-corrected chi connectivity index (χ4v) is 8.49. The van der Waals surface area contributed by atoms with Gasteiger partial charge in [0.2, 0.25) is 0 Å². The molecule has 0 heterocycles. The summed E-state index contributed by atoms with van der Waals surface area (Å²) in [5, 5.41) is 0. The first kappa shape index (κ1) is 22.4. The maximum Gasteiger partial charge on any atom is 0.302 e. The topological polar surface area (TPSA) is 26.3 Å². The molecule has 0 N–H and O–H groups in total. The standard InChI is InChI=1S/C28H46O2/c1-19(2)8-6-7-9-21-11-13-25-24-12-10-22-18-23(30-20(3)29)14-16-28(22,5)26(24)15-17-27(21,25)4/h10,19,21,23-26H,6-9,11-18H2,1-5H3/t21-,23+,24-,25+,26+,27-,28+/m1/s1. The van der Waals surface area contributed by atoms with Crippen molar-refractivity contribution in [3.05, 3.63) is 11.6 Å². The van der Waals surface area contributed by atoms with Crippen LogP contribution in [-0.2, 0) is 9.53 Å². The average Bonchev–Trinajstić information content (AvgIpc) is 3.01. The lowest BCUT2D eigenvalue weighted by atomic mass is 9.47. The number of fused-ring (bicyclic) bond motifs is 5. The number of allylic oxidation sites excluding steroid dienone is 1. The van der Waals surface area contributed by atoms with E-state index in [1.807, 2.05) is 0 Å². The maximum absolute atomic E-state index is 11.5. The van der Waals surface area contributed by atoms with E-state index < -0.39 is 0 Å². The minimum absolute atomic E-state index is 0.114. The van der Waals surface area contributed by atoms with Gasteiger partial charge in [0.1, 0.15) is 6.10 Å². The molecule has 0 radical (unpaired) electrons. The van der Waals surface area contributed by atoms with Crippen LogP contribution in [0.4, 0.5) is 0 Å². The van der Waals surface area contributed by atoms with Crippen molar-refractivity contribution in [3.8, 4) is 0 Å². The SMILES string of the molecule is CC(=O)O[C@H]1CC[C@@]2(C)C(=CC[C@@H]3[C@@H]4CC[C@@H](CCCCC(C)C)[C@@]4(C)CC[C@@H]32)C1. The Balaban J connectivity index is 1.44. The van der Waals surface area contributed by atoms with E-state index in [1.165, 1.54) is 64.2 Å². The summed E-state index contributed by atoms with van der Waals surface area (Å²) in [5.41, 5.74) is 2.57. The highest BCUT2D eigenvalue weighted by Crippen LogP contribution is 2.66. The van der Waals surface area contributed by atoms with Crippen LogP contribution in [0.15, 0.2) is 11.6 Å². The van der Waals surface area contributed by atoms with E-state index in [4.69, 9.17) is 4.74 Å². The Bertz CT molecular complexity index is 664. The lowest BCUT2D eigenvalue weighted by Gasteiger charge is -2.58. The minimum atomic E-state index is -0.114. The third-order valence-corrected chi connectivity index (χ3v) is 10.2. The normalized spacial score (nSPS) is 42.9. The van der Waals surface area contributed by atoms with Crippen LogP contribution in [0.1, 0.15) is 112 Å². The summed E-state index contributed by atoms with van der Waals surface area (Å²) in [4.78, 5) is 11.5. The van der Waals surface area contributed by atoms with E-state index in [-0.39, 0.29) is 12.1 Å². The molecule has 0 unspecified atom stereocenters. The number of hydrogen-bond acceptors (Lipinski definition) is 2. The summed E-state index contributed by atoms with van der Waals surface area (Å²) in [6.07, 6.45) is 18.8. The molecule has 0 amide bonds. The summed E-state index contributed by atoms with van der Waals surface area (Å²) in [6.45, 7) is 11.5. The van der Waals surface area contributed by atoms with Gasteiger partial charge in [0, 0.05) is 13.3 Å². The van der Waals surface area contributed by atoms with Gasteiger partial charge in [-0.1, -0.05) is 58.6 Å². The Hall–Kier alpha value is -0.790. The van der Waals surface area contributed by atoms with Gasteiger partial charge in [-0.15, -0.1) is 0 Å². The zero-order valence-corrected chi connectivity index (χ0v) is 20.3. The van der Waals surface area contributed by atoms with Gasteiger partial charge in [0.15, 0.2) is 0 Å². The van der Waals surface area contributed by atoms with Crippen LogP contribution < -0.4 is 0 Å². The predicted molar refractivity (Wildman–Crippen MR) is 124 cm³/mol. The molecule has 4 aliphatic rings. The fraction of sp³-hybridized carbons (Fsp3) is 0.893. The molecular weight excluding hydrogens is 368 g/mol. The van der Waals surface area contributed by atoms with Crippen LogP contribution in [0, 0.1) is 40.4 Å². The number of esters is 1. The Labute approximate surface area is 185 Å². The predicted octanol–water partition coefficient (Wildman–Crippen LogP) is 7.71. The van der Waals surface area contributed by atoms with Crippen LogP contribution in [-0.4, -0.2) is 12.1 Å². The Morgan fingerprint density at radius 1 is 1.10 bits per heavy atom. The largest absolute Gasteiger partial charge is 0.462 e. The molecule has 2 nitrogen and oxygen atoms in total. The summed E-state index contributed by atoms with van der Waals surface area (Å²) in [5.74, 6) is 4.39. The van der Waals surface area contributed by atoms with Crippen LogP contribution in [0.5, 0.6) is 0 Å². The first-order valence-corrected chi connectivity index (χ1v) is 13.1. The average molecular weight is 415 g/mol. The highest BCUT2D eigenvalue weighted by atomic mass is 16.5. The Morgan fingerprint density at radius 3 is 2.63 bits per heavy atom. The number of unbranched alkanes of at least 4 members (excludes halogenated alkanes) is 1. The van der Waals surface area contributed by atoms with E-state index in [1.54, 1.807) is 12.5 Å². The monoisotopic (exact) mass is 414 g/mol. The molecule has 4 rings (SSSR count). The molecule has 0 aromatic rings. The molecule has 7 atom stereocenters. The van der Waals surface area contributed by atoms with E-state index in [9.17, 15) is 4.79 Å². The second-order valence-corrected chi connectivity index (χ2v) is 12.2. The van der Waals surface area contributed by atoms with Crippen molar-refractivity contribution < 1.29 is 9.53 Å². The second kappa shape index (κ2) is 8.62. The number of rotatable bonds is 6. The van der Waals surface area contributed by atoms with Crippen molar-refractivity contribution in [2.45, 2.75) is 118 Å². The fourth-order valence-electron chi connectivity index (χ4n) is 8.49. The second-order valence-electron chi connectivity index (χ2n) is 12.2. The van der Waals surface area contributed by atoms with Gasteiger partial charge in [-0.25, -0.2) is 0 Å². The van der Waals surface area contributed by atoms with Gasteiger partial charge in [0.05, 0.1) is 0 Å². The van der Waals surface area contributed by atoms with Crippen molar-refractivity contribution in [1.29, 1.82) is 0 Å². The number of hydrogen-bond donors (Lipinski definition) is 0. The van der Waals surface area contributed by atoms with Crippen LogP contribution in [0.2, 0.25) is 0 Å². The highest BCUT2D eigenvalue weighted by molar-refractivity contribution is 5.66. The van der Waals surface area contributed by atoms with Gasteiger partial charge < -0.3 is 4.74 Å². The molecule has 4 aliphatic carbocycles. The van der Waals surface area contributed by atoms with Crippen molar-refractivity contribution >= 4 is 5.97 Å². The van der Waals surface area contributed by atoms with Gasteiger partial charge in [-0.3, -0.25) is 4.79 Å². The van der Waals surface area contributed by atoms with Crippen LogP contribution in [0.25, 0.3) is 0 Å². The first-order valence-electron chi connectivity index (χ1n) is 13.1. The molecule has 3 saturated carbocycles. The van der Waals surface area contributed by atoms with E-state index in [2.05, 4.69) is 33.8 Å². The van der Waals surface area contributed by atoms with Gasteiger partial charge >= 0.3 is 5.97 Å². The molecule has 3 fully saturated rings. The lowest BCUT2D eigenvalue weighted by Crippen LogP contribution is -2.50. The number of ether oxygens (including phenoxy) is 1. The molecule has 0 spiro atoms. The maximum atomic E-state index is 11.5. The number of carbonyl (C=O) groups is 1. The molecular formula is C28H46O2. The smallest absolute Gasteiger partial charge is 0.302 e. The highest BCUT2D eigenvalue weighted by Gasteiger charge is 2.58. The molecule has 30 heavy (non-hydrogen) atoms. The van der Waals surface area contributed by atoms with Gasteiger partial charge in [0.25, 0.3) is 0 Å². The van der Waals surface area contributed by atoms with Gasteiger partial charge in [-0.05, 0) is 91.8 Å². The van der Waals surface area contributed by atoms with E-state index >= 15 is 0 Å². The van der Waals surface area contributed by atoms with Crippen molar-refractivity contribution in [2.75, 3.05) is 0 Å². The van der Waals surface area contributed by atoms with Crippen LogP contribution in [0.3, 0.4) is 0 Å². The van der Waals surface area contributed by atoms with Crippen molar-refractivity contribution in [2.24, 2.45) is 40.4 Å². The quantitative estimate of drug-likeness (QED) is 0.253. The molecule has 2 heteroatoms. The van der Waals surface area contributed by atoms with Crippen LogP contribution >= 0.6 is 0 Å². The van der Waals surface area contributed by atoms with Crippen molar-refractivity contribution in [1.82, 2.24) is 0 Å². The summed E-state index contributed by atoms with van der Waals surface area (Å²) < 4.78 is 5.60. The van der Waals surface area contributed by atoms with E-state index in [0.717, 1.165) is 42.4 Å². The number of carbonyl (C=O) groups excluding carboxylic acids is 1. The zero-order valence-electron chi connectivity index (χ0n) is 20.3. The molecule has 170 valence electrons. The molecule has 0 saturated heterocycles. The molecule has 0 aliphatic heterocycles. The zero-order chi connectivity index (χ0) is 21.5. The lowest BCUT2D eigenvalue weighted by molar-refractivity contribution is -0.148.